The van der Waals surface area contributed by atoms with E-state index in [-0.39, 0.29) is 5.78 Å². The Hall–Kier alpha value is -2.45. The number of hydrogen-bond acceptors (Lipinski definition) is 6. The smallest absolute Gasteiger partial charge is 0.442 e. The van der Waals surface area contributed by atoms with Crippen LogP contribution in [0, 0.1) is 0 Å². The lowest BCUT2D eigenvalue weighted by Gasteiger charge is -2.34. The number of imide groups is 1. The zero-order valence-corrected chi connectivity index (χ0v) is 18.7. The number of hydroxylamine groups is 2. The van der Waals surface area contributed by atoms with Crippen molar-refractivity contribution >= 4 is 17.9 Å². The van der Waals surface area contributed by atoms with E-state index in [0.717, 1.165) is 5.56 Å². The summed E-state index contributed by atoms with van der Waals surface area (Å²) in [6, 6.07) is 8.37. The van der Waals surface area contributed by atoms with Crippen molar-refractivity contribution in [2.75, 3.05) is 13.1 Å². The van der Waals surface area contributed by atoms with E-state index < -0.39 is 29.4 Å². The maximum Gasteiger partial charge on any atom is 0.443 e. The lowest BCUT2D eigenvalue weighted by molar-refractivity contribution is -0.180. The van der Waals surface area contributed by atoms with E-state index in [9.17, 15) is 14.4 Å². The van der Waals surface area contributed by atoms with Crippen molar-refractivity contribution in [3.63, 3.8) is 0 Å². The largest absolute Gasteiger partial charge is 0.443 e. The summed E-state index contributed by atoms with van der Waals surface area (Å²) < 4.78 is 5.29. The molecule has 2 rings (SSSR count). The molecule has 1 N–H and O–H groups in total. The molecule has 0 radical (unpaired) electrons. The SMILES string of the molecule is CC(C)(C)OC(=O)N(OC(C)(C)C)C(=O)NC1CN(Cc2ccccc2)CCC1=O. The van der Waals surface area contributed by atoms with Crippen LogP contribution in [-0.4, -0.2) is 58.2 Å². The monoisotopic (exact) mass is 419 g/mol. The summed E-state index contributed by atoms with van der Waals surface area (Å²) in [5.41, 5.74) is -0.489. The number of nitrogens with one attached hydrogen (secondary N) is 1. The molecule has 0 saturated carbocycles. The second-order valence-corrected chi connectivity index (χ2v) is 9.42. The molecule has 1 unspecified atom stereocenters. The summed E-state index contributed by atoms with van der Waals surface area (Å²) in [6.45, 7) is 11.9. The molecule has 166 valence electrons. The number of amides is 3. The van der Waals surface area contributed by atoms with E-state index in [2.05, 4.69) is 10.2 Å². The van der Waals surface area contributed by atoms with E-state index in [0.29, 0.717) is 31.1 Å². The fourth-order valence-corrected chi connectivity index (χ4v) is 2.95. The third-order valence-electron chi connectivity index (χ3n) is 4.16. The van der Waals surface area contributed by atoms with E-state index in [1.54, 1.807) is 41.5 Å². The van der Waals surface area contributed by atoms with Gasteiger partial charge in [0.25, 0.3) is 0 Å². The van der Waals surface area contributed by atoms with Crippen LogP contribution in [-0.2, 0) is 20.9 Å². The maximum absolute atomic E-state index is 12.8. The van der Waals surface area contributed by atoms with Gasteiger partial charge in [-0.2, -0.15) is 0 Å². The molecule has 30 heavy (non-hydrogen) atoms. The Bertz CT molecular complexity index is 752. The van der Waals surface area contributed by atoms with Crippen LogP contribution >= 0.6 is 0 Å². The van der Waals surface area contributed by atoms with Gasteiger partial charge in [-0.25, -0.2) is 9.59 Å². The summed E-state index contributed by atoms with van der Waals surface area (Å²) in [6.07, 6.45) is -0.607. The third kappa shape index (κ3) is 7.76. The van der Waals surface area contributed by atoms with Crippen LogP contribution in [0.25, 0.3) is 0 Å². The van der Waals surface area contributed by atoms with Gasteiger partial charge in [0.1, 0.15) is 11.6 Å². The Labute approximate surface area is 178 Å². The quantitative estimate of drug-likeness (QED) is 0.752. The maximum atomic E-state index is 12.8. The number of Topliss-reactive ketones (excluding diaryl/α,β-unsaturated/α-hetero) is 1. The minimum atomic E-state index is -0.931. The van der Waals surface area contributed by atoms with Crippen LogP contribution in [0.2, 0.25) is 0 Å². The standard InChI is InChI=1S/C22H33N3O5/c1-21(2,3)29-20(28)25(30-22(4,5)6)19(27)23-17-15-24(13-12-18(17)26)14-16-10-8-7-9-11-16/h7-11,17H,12-15H2,1-6H3,(H,23,27). The fraction of sp³-hybridized carbons (Fsp3) is 0.591. The number of likely N-dealkylation sites (tertiary alicyclic amines) is 1. The number of ketones is 1. The van der Waals surface area contributed by atoms with Gasteiger partial charge in [0.15, 0.2) is 5.78 Å². The van der Waals surface area contributed by atoms with E-state index in [1.165, 1.54) is 0 Å². The van der Waals surface area contributed by atoms with Gasteiger partial charge in [-0.3, -0.25) is 14.5 Å². The van der Waals surface area contributed by atoms with Crippen LogP contribution in [0.15, 0.2) is 30.3 Å². The molecule has 1 aromatic carbocycles. The van der Waals surface area contributed by atoms with E-state index >= 15 is 0 Å². The number of urea groups is 1. The Kier molecular flexibility index (Phi) is 7.60. The lowest BCUT2D eigenvalue weighted by Crippen LogP contribution is -2.57. The number of nitrogens with zero attached hydrogens (tertiary/aromatic N) is 2. The molecule has 1 atom stereocenters. The van der Waals surface area contributed by atoms with Gasteiger partial charge in [-0.1, -0.05) is 35.4 Å². The minimum Gasteiger partial charge on any atom is -0.442 e. The van der Waals surface area contributed by atoms with Gasteiger partial charge in [0, 0.05) is 26.1 Å². The summed E-state index contributed by atoms with van der Waals surface area (Å²) in [5.74, 6) is -0.0763. The average Bonchev–Trinajstić information content (AvgIpc) is 2.61. The van der Waals surface area contributed by atoms with Gasteiger partial charge in [-0.05, 0) is 47.1 Å². The van der Waals surface area contributed by atoms with Gasteiger partial charge in [0.05, 0.1) is 5.60 Å². The number of carbonyl (C=O) groups is 3. The first-order valence-electron chi connectivity index (χ1n) is 10.2. The Morgan fingerprint density at radius 1 is 1.10 bits per heavy atom. The fourth-order valence-electron chi connectivity index (χ4n) is 2.95. The summed E-state index contributed by atoms with van der Waals surface area (Å²) in [4.78, 5) is 45.4. The predicted octanol–water partition coefficient (Wildman–Crippen LogP) is 3.51. The molecule has 0 aliphatic carbocycles. The van der Waals surface area contributed by atoms with Crippen LogP contribution in [0.1, 0.15) is 53.5 Å². The summed E-state index contributed by atoms with van der Waals surface area (Å²) in [7, 11) is 0. The zero-order chi connectivity index (χ0) is 22.5. The first kappa shape index (κ1) is 23.8. The molecule has 8 heteroatoms. The lowest BCUT2D eigenvalue weighted by atomic mass is 10.0. The molecule has 1 fully saturated rings. The number of piperidine rings is 1. The van der Waals surface area contributed by atoms with E-state index in [4.69, 9.17) is 9.57 Å². The highest BCUT2D eigenvalue weighted by Crippen LogP contribution is 2.17. The molecule has 1 aromatic rings. The molecular formula is C22H33N3O5. The van der Waals surface area contributed by atoms with Crippen LogP contribution in [0.3, 0.4) is 0 Å². The second kappa shape index (κ2) is 9.57. The second-order valence-electron chi connectivity index (χ2n) is 9.42. The van der Waals surface area contributed by atoms with Crippen LogP contribution in [0.4, 0.5) is 9.59 Å². The Morgan fingerprint density at radius 3 is 2.30 bits per heavy atom. The van der Waals surface area contributed by atoms with Crippen molar-refractivity contribution in [3.8, 4) is 0 Å². The highest BCUT2D eigenvalue weighted by Gasteiger charge is 2.36. The average molecular weight is 420 g/mol. The van der Waals surface area contributed by atoms with Crippen LogP contribution < -0.4 is 5.32 Å². The van der Waals surface area contributed by atoms with Gasteiger partial charge >= 0.3 is 12.1 Å². The zero-order valence-electron chi connectivity index (χ0n) is 18.7. The number of ether oxygens (including phenoxy) is 1. The van der Waals surface area contributed by atoms with Crippen molar-refractivity contribution in [2.24, 2.45) is 0 Å². The van der Waals surface area contributed by atoms with Gasteiger partial charge < -0.3 is 10.1 Å². The number of rotatable bonds is 4. The molecule has 1 aliphatic rings. The topological polar surface area (TPSA) is 88.2 Å². The van der Waals surface area contributed by atoms with Crippen molar-refractivity contribution in [1.82, 2.24) is 15.3 Å². The highest BCUT2D eigenvalue weighted by molar-refractivity contribution is 5.94. The molecule has 1 aliphatic heterocycles. The van der Waals surface area contributed by atoms with Gasteiger partial charge in [0.2, 0.25) is 0 Å². The first-order valence-corrected chi connectivity index (χ1v) is 10.2. The Balaban J connectivity index is 2.07. The molecule has 0 spiro atoms. The molecule has 1 saturated heterocycles. The molecule has 3 amide bonds. The molecule has 0 bridgehead atoms. The first-order chi connectivity index (χ1) is 13.8. The molecule has 8 nitrogen and oxygen atoms in total. The van der Waals surface area contributed by atoms with Gasteiger partial charge in [-0.15, -0.1) is 0 Å². The number of benzene rings is 1. The summed E-state index contributed by atoms with van der Waals surface area (Å²) in [5, 5.41) is 3.21. The van der Waals surface area contributed by atoms with Crippen molar-refractivity contribution < 1.29 is 24.0 Å². The van der Waals surface area contributed by atoms with Crippen molar-refractivity contribution in [1.29, 1.82) is 0 Å². The Morgan fingerprint density at radius 2 is 1.73 bits per heavy atom. The molecule has 1 heterocycles. The van der Waals surface area contributed by atoms with Crippen LogP contribution in [0.5, 0.6) is 0 Å². The normalized spacial score (nSPS) is 18.1. The molecule has 0 aromatic heterocycles. The predicted molar refractivity (Wildman–Crippen MR) is 113 cm³/mol. The van der Waals surface area contributed by atoms with Crippen molar-refractivity contribution in [2.45, 2.75) is 71.8 Å². The minimum absolute atomic E-state index is 0.0763. The molecular weight excluding hydrogens is 386 g/mol. The number of carbonyl (C=O) groups excluding carboxylic acids is 3. The third-order valence-corrected chi connectivity index (χ3v) is 4.16. The van der Waals surface area contributed by atoms with Crippen molar-refractivity contribution in [3.05, 3.63) is 35.9 Å². The number of hydrogen-bond donors (Lipinski definition) is 1. The van der Waals surface area contributed by atoms with E-state index in [1.807, 2.05) is 30.3 Å². The summed E-state index contributed by atoms with van der Waals surface area (Å²) >= 11 is 0. The highest BCUT2D eigenvalue weighted by atomic mass is 16.8.